The number of aliphatic carboxylic acids is 1. The monoisotopic (exact) mass is 451 g/mol. The third kappa shape index (κ3) is 4.95. The number of halogens is 3. The molecule has 6 heteroatoms. The van der Waals surface area contributed by atoms with Gasteiger partial charge >= 0.3 is 12.1 Å². The van der Waals surface area contributed by atoms with Crippen molar-refractivity contribution in [2.45, 2.75) is 38.9 Å². The van der Waals surface area contributed by atoms with Gasteiger partial charge in [0.05, 0.1) is 5.56 Å². The Hall–Kier alpha value is -3.54. The normalized spacial score (nSPS) is 11.9. The second-order valence-electron chi connectivity index (χ2n) is 8.56. The number of carboxylic acids is 1. The first kappa shape index (κ1) is 22.6. The lowest BCUT2D eigenvalue weighted by molar-refractivity contribution is -0.138. The molecule has 0 radical (unpaired) electrons. The fraction of sp³-hybridized carbons (Fsp3) is 0.222. The first-order valence-electron chi connectivity index (χ1n) is 10.7. The molecular formula is C27H24F3NO2. The average Bonchev–Trinajstić information content (AvgIpc) is 3.09. The van der Waals surface area contributed by atoms with Crippen molar-refractivity contribution < 1.29 is 23.1 Å². The van der Waals surface area contributed by atoms with Crippen molar-refractivity contribution in [3.8, 4) is 11.1 Å². The van der Waals surface area contributed by atoms with Crippen LogP contribution in [-0.4, -0.2) is 15.6 Å². The smallest absolute Gasteiger partial charge is 0.416 e. The van der Waals surface area contributed by atoms with Gasteiger partial charge in [-0.2, -0.15) is 13.2 Å². The molecule has 0 unspecified atom stereocenters. The van der Waals surface area contributed by atoms with Crippen LogP contribution in [0.4, 0.5) is 13.2 Å². The van der Waals surface area contributed by atoms with E-state index in [0.717, 1.165) is 34.2 Å². The van der Waals surface area contributed by atoms with Crippen molar-refractivity contribution in [2.24, 2.45) is 0 Å². The van der Waals surface area contributed by atoms with E-state index in [9.17, 15) is 23.1 Å². The molecule has 1 aromatic heterocycles. The van der Waals surface area contributed by atoms with Crippen LogP contribution in [0.25, 0.3) is 22.0 Å². The predicted octanol–water partition coefficient (Wildman–Crippen LogP) is 7.13. The predicted molar refractivity (Wildman–Crippen MR) is 123 cm³/mol. The van der Waals surface area contributed by atoms with Crippen molar-refractivity contribution in [2.75, 3.05) is 0 Å². The molecule has 0 spiro atoms. The second-order valence-corrected chi connectivity index (χ2v) is 8.56. The van der Waals surface area contributed by atoms with Gasteiger partial charge in [-0.25, -0.2) is 0 Å². The van der Waals surface area contributed by atoms with Crippen LogP contribution in [-0.2, 0) is 23.9 Å². The Bertz CT molecular complexity index is 1300. The van der Waals surface area contributed by atoms with E-state index >= 15 is 0 Å². The molecule has 1 N–H and O–H groups in total. The van der Waals surface area contributed by atoms with Crippen LogP contribution < -0.4 is 0 Å². The molecule has 0 aliphatic heterocycles. The molecule has 0 aliphatic carbocycles. The zero-order valence-corrected chi connectivity index (χ0v) is 18.4. The van der Waals surface area contributed by atoms with E-state index in [2.05, 4.69) is 38.1 Å². The molecule has 0 bridgehead atoms. The number of fused-ring (bicyclic) bond motifs is 1. The highest BCUT2D eigenvalue weighted by Crippen LogP contribution is 2.34. The number of alkyl halides is 3. The first-order valence-corrected chi connectivity index (χ1v) is 10.7. The van der Waals surface area contributed by atoms with Gasteiger partial charge in [0.15, 0.2) is 0 Å². The molecule has 0 fully saturated rings. The average molecular weight is 451 g/mol. The molecule has 3 nitrogen and oxygen atoms in total. The fourth-order valence-corrected chi connectivity index (χ4v) is 4.08. The van der Waals surface area contributed by atoms with E-state index in [1.165, 1.54) is 11.6 Å². The van der Waals surface area contributed by atoms with Gasteiger partial charge in [0.2, 0.25) is 0 Å². The molecule has 3 aromatic carbocycles. The number of aromatic nitrogens is 1. The second kappa shape index (κ2) is 8.77. The molecule has 33 heavy (non-hydrogen) atoms. The summed E-state index contributed by atoms with van der Waals surface area (Å²) in [5.41, 5.74) is 4.40. The van der Waals surface area contributed by atoms with E-state index in [1.807, 2.05) is 12.3 Å². The maximum atomic E-state index is 13.2. The van der Waals surface area contributed by atoms with Crippen LogP contribution in [0, 0.1) is 0 Å². The van der Waals surface area contributed by atoms with Crippen LogP contribution in [0.3, 0.4) is 0 Å². The van der Waals surface area contributed by atoms with Crippen LogP contribution in [0.5, 0.6) is 0 Å². The number of benzene rings is 3. The molecule has 4 aromatic rings. The summed E-state index contributed by atoms with van der Waals surface area (Å²) in [6, 6.07) is 18.9. The minimum atomic E-state index is -4.42. The van der Waals surface area contributed by atoms with Crippen molar-refractivity contribution in [3.05, 3.63) is 95.2 Å². The zero-order chi connectivity index (χ0) is 23.8. The zero-order valence-electron chi connectivity index (χ0n) is 18.4. The largest absolute Gasteiger partial charge is 0.480 e. The van der Waals surface area contributed by atoms with Gasteiger partial charge < -0.3 is 9.67 Å². The van der Waals surface area contributed by atoms with Crippen molar-refractivity contribution in [1.29, 1.82) is 0 Å². The van der Waals surface area contributed by atoms with Gasteiger partial charge in [-0.3, -0.25) is 4.79 Å². The number of rotatable bonds is 6. The lowest BCUT2D eigenvalue weighted by Crippen LogP contribution is -2.07. The topological polar surface area (TPSA) is 42.2 Å². The van der Waals surface area contributed by atoms with Gasteiger partial charge in [0.25, 0.3) is 0 Å². The maximum Gasteiger partial charge on any atom is 0.416 e. The van der Waals surface area contributed by atoms with Gasteiger partial charge in [0, 0.05) is 17.1 Å². The van der Waals surface area contributed by atoms with Gasteiger partial charge in [-0.15, -0.1) is 0 Å². The van der Waals surface area contributed by atoms with Crippen LogP contribution >= 0.6 is 0 Å². The number of hydrogen-bond acceptors (Lipinski definition) is 1. The Kier molecular flexibility index (Phi) is 6.02. The summed E-state index contributed by atoms with van der Waals surface area (Å²) in [6.45, 7) is 4.07. The van der Waals surface area contributed by atoms with Gasteiger partial charge in [0.1, 0.15) is 6.54 Å². The summed E-state index contributed by atoms with van der Waals surface area (Å²) in [6.07, 6.45) is -2.00. The van der Waals surface area contributed by atoms with Crippen LogP contribution in [0.2, 0.25) is 0 Å². The summed E-state index contributed by atoms with van der Waals surface area (Å²) in [5, 5.41) is 10.2. The molecule has 0 saturated heterocycles. The maximum absolute atomic E-state index is 13.2. The SMILES string of the molecule is CC(C)c1ccc(Cc2cn(CC(=O)O)c3ccc(-c4cccc(C(F)(F)F)c4)cc23)cc1. The summed E-state index contributed by atoms with van der Waals surface area (Å²) < 4.78 is 41.2. The fourth-order valence-electron chi connectivity index (χ4n) is 4.08. The lowest BCUT2D eigenvalue weighted by atomic mass is 9.97. The van der Waals surface area contributed by atoms with Crippen molar-refractivity contribution in [1.82, 2.24) is 4.57 Å². The van der Waals surface area contributed by atoms with Gasteiger partial charge in [-0.05, 0) is 64.4 Å². The highest BCUT2D eigenvalue weighted by Gasteiger charge is 2.30. The van der Waals surface area contributed by atoms with E-state index in [-0.39, 0.29) is 6.54 Å². The highest BCUT2D eigenvalue weighted by molar-refractivity contribution is 5.90. The molecule has 0 saturated carbocycles. The Labute approximate surface area is 190 Å². The third-order valence-electron chi connectivity index (χ3n) is 5.83. The quantitative estimate of drug-likeness (QED) is 0.339. The number of carboxylic acid groups (broad SMARTS) is 1. The Balaban J connectivity index is 1.78. The summed E-state index contributed by atoms with van der Waals surface area (Å²) >= 11 is 0. The summed E-state index contributed by atoms with van der Waals surface area (Å²) in [5.74, 6) is -0.534. The third-order valence-corrected chi connectivity index (χ3v) is 5.83. The molecule has 4 rings (SSSR count). The minimum absolute atomic E-state index is 0.189. The van der Waals surface area contributed by atoms with Crippen molar-refractivity contribution in [3.63, 3.8) is 0 Å². The standard InChI is InChI=1S/C27H24F3NO2/c1-17(2)19-8-6-18(7-9-19)12-22-15-31(16-26(32)33)25-11-10-21(14-24(22)25)20-4-3-5-23(13-20)27(28,29)30/h3-11,13-15,17H,12,16H2,1-2H3,(H,32,33). The van der Waals surface area contributed by atoms with E-state index < -0.39 is 17.7 Å². The first-order chi connectivity index (χ1) is 15.6. The van der Waals surface area contributed by atoms with Crippen LogP contribution in [0.1, 0.15) is 42.0 Å². The lowest BCUT2D eigenvalue weighted by Gasteiger charge is -2.10. The van der Waals surface area contributed by atoms with E-state index in [1.54, 1.807) is 22.8 Å². The Morgan fingerprint density at radius 1 is 0.970 bits per heavy atom. The van der Waals surface area contributed by atoms with Crippen molar-refractivity contribution >= 4 is 16.9 Å². The number of carbonyl (C=O) groups is 1. The molecule has 170 valence electrons. The molecule has 0 atom stereocenters. The molecular weight excluding hydrogens is 427 g/mol. The number of nitrogens with zero attached hydrogens (tertiary/aromatic N) is 1. The number of hydrogen-bond donors (Lipinski definition) is 1. The van der Waals surface area contributed by atoms with E-state index in [0.29, 0.717) is 23.5 Å². The van der Waals surface area contributed by atoms with E-state index in [4.69, 9.17) is 0 Å². The van der Waals surface area contributed by atoms with Gasteiger partial charge in [-0.1, -0.05) is 56.3 Å². The molecule has 0 aliphatic rings. The molecule has 1 heterocycles. The molecule has 0 amide bonds. The minimum Gasteiger partial charge on any atom is -0.480 e. The summed E-state index contributed by atoms with van der Waals surface area (Å²) in [4.78, 5) is 11.4. The summed E-state index contributed by atoms with van der Waals surface area (Å²) in [7, 11) is 0. The Morgan fingerprint density at radius 3 is 2.30 bits per heavy atom. The highest BCUT2D eigenvalue weighted by atomic mass is 19.4. The Morgan fingerprint density at radius 2 is 1.67 bits per heavy atom. The van der Waals surface area contributed by atoms with Crippen LogP contribution in [0.15, 0.2) is 72.9 Å².